The zero-order chi connectivity index (χ0) is 12.0. The van der Waals surface area contributed by atoms with Gasteiger partial charge in [-0.15, -0.1) is 0 Å². The Bertz CT molecular complexity index is 415. The van der Waals surface area contributed by atoms with E-state index in [1.54, 1.807) is 6.08 Å². The zero-order valence-corrected chi connectivity index (χ0v) is 10.2. The summed E-state index contributed by atoms with van der Waals surface area (Å²) < 4.78 is 0. The Labute approximate surface area is 101 Å². The summed E-state index contributed by atoms with van der Waals surface area (Å²) in [5, 5.41) is 11.1. The smallest absolute Gasteiger partial charge is 0.288 e. The van der Waals surface area contributed by atoms with Crippen molar-refractivity contribution in [2.75, 3.05) is 5.75 Å². The van der Waals surface area contributed by atoms with Gasteiger partial charge < -0.3 is 0 Å². The topological polar surface area (TPSA) is 73.1 Å². The number of rotatable bonds is 5. The van der Waals surface area contributed by atoms with Crippen molar-refractivity contribution < 1.29 is 9.72 Å². The highest BCUT2D eigenvalue weighted by Gasteiger charge is 2.08. The molecule has 0 bridgehead atoms. The summed E-state index contributed by atoms with van der Waals surface area (Å²) in [5.41, 5.74) is 0. The van der Waals surface area contributed by atoms with Crippen LogP contribution in [0.4, 0.5) is 5.00 Å². The first-order valence-electron chi connectivity index (χ1n) is 4.49. The number of nitro groups is 1. The Balaban J connectivity index is 2.38. The van der Waals surface area contributed by atoms with E-state index in [0.717, 1.165) is 23.5 Å². The van der Waals surface area contributed by atoms with Gasteiger partial charge in [-0.1, -0.05) is 17.8 Å². The van der Waals surface area contributed by atoms with E-state index in [0.29, 0.717) is 5.01 Å². The molecule has 0 radical (unpaired) electrons. The molecule has 1 rings (SSSR count). The second-order valence-corrected chi connectivity index (χ2v) is 5.14. The number of carbonyl (C=O) groups is 1. The molecule has 0 unspecified atom stereocenters. The van der Waals surface area contributed by atoms with Crippen molar-refractivity contribution in [3.05, 3.63) is 27.4 Å². The van der Waals surface area contributed by atoms with Gasteiger partial charge in [0, 0.05) is 12.7 Å². The summed E-state index contributed by atoms with van der Waals surface area (Å²) in [5.74, 6) is 0.722. The molecule has 0 aliphatic heterocycles. The molecule has 0 saturated heterocycles. The van der Waals surface area contributed by atoms with Crippen molar-refractivity contribution in [1.82, 2.24) is 4.98 Å². The van der Waals surface area contributed by atoms with Crippen LogP contribution in [-0.4, -0.2) is 20.8 Å². The Morgan fingerprint density at radius 1 is 1.75 bits per heavy atom. The number of thiazole rings is 1. The van der Waals surface area contributed by atoms with E-state index in [9.17, 15) is 14.9 Å². The standard InChI is InChI=1S/C9H10N2O3S2/c1-7(12)15-5-3-2-4-8-10-6-9(16-8)11(13)14/h2,4,6H,3,5H2,1H3. The quantitative estimate of drug-likeness (QED) is 0.461. The predicted octanol–water partition coefficient (Wildman–Crippen LogP) is 2.73. The van der Waals surface area contributed by atoms with Gasteiger partial charge in [-0.25, -0.2) is 4.98 Å². The van der Waals surface area contributed by atoms with Gasteiger partial charge in [0.25, 0.3) is 0 Å². The minimum Gasteiger partial charge on any atom is -0.288 e. The predicted molar refractivity (Wildman–Crippen MR) is 65.6 cm³/mol. The van der Waals surface area contributed by atoms with Gasteiger partial charge in [-0.3, -0.25) is 14.9 Å². The SMILES string of the molecule is CC(=O)SCCC=Cc1ncc([N+](=O)[O-])s1. The van der Waals surface area contributed by atoms with Crippen LogP contribution in [0.2, 0.25) is 0 Å². The molecule has 1 heterocycles. The Morgan fingerprint density at radius 2 is 2.50 bits per heavy atom. The molecule has 0 aromatic carbocycles. The van der Waals surface area contributed by atoms with E-state index in [1.807, 2.05) is 6.08 Å². The van der Waals surface area contributed by atoms with Gasteiger partial charge in [0.1, 0.15) is 11.2 Å². The highest BCUT2D eigenvalue weighted by molar-refractivity contribution is 8.13. The number of aromatic nitrogens is 1. The van der Waals surface area contributed by atoms with Crippen LogP contribution in [0.25, 0.3) is 6.08 Å². The van der Waals surface area contributed by atoms with E-state index < -0.39 is 4.92 Å². The molecule has 0 aliphatic rings. The van der Waals surface area contributed by atoms with Gasteiger partial charge >= 0.3 is 5.00 Å². The van der Waals surface area contributed by atoms with E-state index in [4.69, 9.17) is 0 Å². The van der Waals surface area contributed by atoms with Gasteiger partial charge in [-0.2, -0.15) is 0 Å². The molecule has 86 valence electrons. The van der Waals surface area contributed by atoms with Gasteiger partial charge in [0.05, 0.1) is 4.92 Å². The molecule has 16 heavy (non-hydrogen) atoms. The maximum absolute atomic E-state index is 10.6. The highest BCUT2D eigenvalue weighted by atomic mass is 32.2. The molecule has 0 atom stereocenters. The summed E-state index contributed by atoms with van der Waals surface area (Å²) >= 11 is 2.30. The van der Waals surface area contributed by atoms with Crippen LogP contribution in [-0.2, 0) is 4.79 Å². The number of hydrogen-bond donors (Lipinski definition) is 0. The fraction of sp³-hybridized carbons (Fsp3) is 0.333. The van der Waals surface area contributed by atoms with Crippen molar-refractivity contribution >= 4 is 39.3 Å². The Kier molecular flexibility index (Phi) is 5.13. The minimum atomic E-state index is -0.458. The first-order chi connectivity index (χ1) is 7.59. The van der Waals surface area contributed by atoms with Gasteiger partial charge in [0.2, 0.25) is 0 Å². The van der Waals surface area contributed by atoms with Crippen LogP contribution in [0.3, 0.4) is 0 Å². The van der Waals surface area contributed by atoms with Crippen LogP contribution < -0.4 is 0 Å². The molecule has 0 spiro atoms. The number of nitrogens with zero attached hydrogens (tertiary/aromatic N) is 2. The average Bonchev–Trinajstić information content (AvgIpc) is 2.65. The van der Waals surface area contributed by atoms with Crippen LogP contribution in [0.1, 0.15) is 18.4 Å². The third-order valence-electron chi connectivity index (χ3n) is 1.54. The van der Waals surface area contributed by atoms with Gasteiger partial charge in [-0.05, 0) is 23.8 Å². The maximum Gasteiger partial charge on any atom is 0.344 e. The summed E-state index contributed by atoms with van der Waals surface area (Å²) in [6, 6.07) is 0. The van der Waals surface area contributed by atoms with E-state index >= 15 is 0 Å². The van der Waals surface area contributed by atoms with Crippen molar-refractivity contribution in [3.8, 4) is 0 Å². The van der Waals surface area contributed by atoms with E-state index in [1.165, 1.54) is 24.9 Å². The summed E-state index contributed by atoms with van der Waals surface area (Å²) in [4.78, 5) is 24.4. The van der Waals surface area contributed by atoms with Crippen molar-refractivity contribution in [2.45, 2.75) is 13.3 Å². The number of hydrogen-bond acceptors (Lipinski definition) is 6. The third-order valence-corrected chi connectivity index (χ3v) is 3.30. The fourth-order valence-electron chi connectivity index (χ4n) is 0.895. The number of carbonyl (C=O) groups excluding carboxylic acids is 1. The zero-order valence-electron chi connectivity index (χ0n) is 8.58. The molecule has 0 N–H and O–H groups in total. The minimum absolute atomic E-state index is 0.0396. The maximum atomic E-state index is 10.6. The first kappa shape index (κ1) is 12.9. The van der Waals surface area contributed by atoms with Crippen molar-refractivity contribution in [1.29, 1.82) is 0 Å². The van der Waals surface area contributed by atoms with Crippen LogP contribution in [0, 0.1) is 10.1 Å². The lowest BCUT2D eigenvalue weighted by Gasteiger charge is -1.90. The highest BCUT2D eigenvalue weighted by Crippen LogP contribution is 2.21. The fourth-order valence-corrected chi connectivity index (χ4v) is 2.10. The molecular weight excluding hydrogens is 248 g/mol. The second-order valence-electron chi connectivity index (χ2n) is 2.82. The second kappa shape index (κ2) is 6.39. The van der Waals surface area contributed by atoms with Gasteiger partial charge in [0.15, 0.2) is 5.12 Å². The molecule has 0 aliphatic carbocycles. The molecule has 1 aromatic heterocycles. The molecule has 5 nitrogen and oxygen atoms in total. The lowest BCUT2D eigenvalue weighted by molar-refractivity contribution is -0.380. The Hall–Kier alpha value is -1.21. The molecular formula is C9H10N2O3S2. The van der Waals surface area contributed by atoms with Crippen molar-refractivity contribution in [3.63, 3.8) is 0 Å². The van der Waals surface area contributed by atoms with E-state index in [-0.39, 0.29) is 10.1 Å². The average molecular weight is 258 g/mol. The molecule has 0 saturated carbocycles. The van der Waals surface area contributed by atoms with Crippen molar-refractivity contribution in [2.24, 2.45) is 0 Å². The molecule has 1 aromatic rings. The lowest BCUT2D eigenvalue weighted by atomic mass is 10.4. The molecule has 0 amide bonds. The summed E-state index contributed by atoms with van der Waals surface area (Å²) in [6.07, 6.45) is 5.59. The third kappa shape index (κ3) is 4.54. The number of allylic oxidation sites excluding steroid dienone is 1. The first-order valence-corrected chi connectivity index (χ1v) is 6.30. The largest absolute Gasteiger partial charge is 0.344 e. The van der Waals surface area contributed by atoms with Crippen LogP contribution in [0.5, 0.6) is 0 Å². The molecule has 0 fully saturated rings. The Morgan fingerprint density at radius 3 is 3.06 bits per heavy atom. The normalized spacial score (nSPS) is 10.8. The van der Waals surface area contributed by atoms with E-state index in [2.05, 4.69) is 4.98 Å². The summed E-state index contributed by atoms with van der Waals surface area (Å²) in [7, 11) is 0. The van der Waals surface area contributed by atoms with Crippen LogP contribution in [0.15, 0.2) is 12.3 Å². The molecule has 7 heteroatoms. The number of thioether (sulfide) groups is 1. The van der Waals surface area contributed by atoms with Crippen LogP contribution >= 0.6 is 23.1 Å². The summed E-state index contributed by atoms with van der Waals surface area (Å²) in [6.45, 7) is 1.53. The monoisotopic (exact) mass is 258 g/mol. The lowest BCUT2D eigenvalue weighted by Crippen LogP contribution is -1.83.